The van der Waals surface area contributed by atoms with Gasteiger partial charge in [-0.05, 0) is 63.4 Å². The molecule has 0 saturated carbocycles. The van der Waals surface area contributed by atoms with E-state index in [4.69, 9.17) is 29.0 Å². The van der Waals surface area contributed by atoms with Crippen LogP contribution < -0.4 is 11.4 Å². The number of ether oxygens (including phenoxy) is 3. The summed E-state index contributed by atoms with van der Waals surface area (Å²) in [6.07, 6.45) is 19.9. The van der Waals surface area contributed by atoms with Crippen molar-refractivity contribution in [2.45, 2.75) is 198 Å². The van der Waals surface area contributed by atoms with E-state index in [1.54, 1.807) is 6.08 Å². The van der Waals surface area contributed by atoms with Crippen molar-refractivity contribution in [2.75, 3.05) is 25.6 Å². The van der Waals surface area contributed by atoms with E-state index in [1.165, 1.54) is 57.4 Å². The van der Waals surface area contributed by atoms with Crippen LogP contribution >= 0.6 is 15.6 Å². The third-order valence-corrected chi connectivity index (χ3v) is 13.7. The van der Waals surface area contributed by atoms with Crippen LogP contribution in [-0.2, 0) is 46.3 Å². The van der Waals surface area contributed by atoms with Gasteiger partial charge in [0.05, 0.1) is 25.4 Å². The van der Waals surface area contributed by atoms with E-state index in [1.807, 2.05) is 12.2 Å². The van der Waals surface area contributed by atoms with Crippen molar-refractivity contribution in [1.82, 2.24) is 9.55 Å². The number of carbonyl (C=O) groups excluding carboxylic acids is 2. The molecule has 22 heteroatoms. The molecule has 1 saturated heterocycles. The second kappa shape index (κ2) is 35.1. The topological polar surface area (TPSA) is 306 Å². The molecule has 396 valence electrons. The summed E-state index contributed by atoms with van der Waals surface area (Å²) in [6, 6.07) is 1.23. The highest BCUT2D eigenvalue weighted by Gasteiger charge is 2.46. The van der Waals surface area contributed by atoms with Crippen LogP contribution in [-0.4, -0.2) is 108 Å². The summed E-state index contributed by atoms with van der Waals surface area (Å²) in [6.45, 7) is 4.08. The molecular formula is C47H81N3O17P2. The number of anilines is 1. The molecule has 2 heterocycles. The number of unbranched alkanes of at least 4 members (excludes halogenated alkanes) is 11. The number of nitrogens with two attached hydrogens (primary N) is 1. The zero-order valence-corrected chi connectivity index (χ0v) is 42.5. The van der Waals surface area contributed by atoms with Gasteiger partial charge in [0.2, 0.25) is 0 Å². The predicted octanol–water partition coefficient (Wildman–Crippen LogP) is 7.41. The van der Waals surface area contributed by atoms with Crippen LogP contribution in [0.15, 0.2) is 53.5 Å². The second-order valence-electron chi connectivity index (χ2n) is 17.8. The van der Waals surface area contributed by atoms with Crippen LogP contribution in [0.5, 0.6) is 0 Å². The normalized spacial score (nSPS) is 20.7. The van der Waals surface area contributed by atoms with Gasteiger partial charge in [-0.2, -0.15) is 9.29 Å². The second-order valence-corrected chi connectivity index (χ2v) is 20.8. The maximum Gasteiger partial charge on any atom is 0.481 e. The first-order valence-electron chi connectivity index (χ1n) is 24.5. The van der Waals surface area contributed by atoms with Crippen LogP contribution in [0.3, 0.4) is 0 Å². The molecule has 8 N–H and O–H groups in total. The highest BCUT2D eigenvalue weighted by molar-refractivity contribution is 7.61. The molecule has 9 atom stereocenters. The van der Waals surface area contributed by atoms with Gasteiger partial charge in [-0.15, -0.1) is 0 Å². The first kappa shape index (κ1) is 62.0. The molecule has 0 radical (unpaired) electrons. The quantitative estimate of drug-likeness (QED) is 0.0146. The van der Waals surface area contributed by atoms with Gasteiger partial charge in [-0.3, -0.25) is 23.2 Å². The molecule has 1 aromatic heterocycles. The van der Waals surface area contributed by atoms with E-state index in [9.17, 15) is 53.7 Å². The Hall–Kier alpha value is -3.10. The van der Waals surface area contributed by atoms with Crippen molar-refractivity contribution in [2.24, 2.45) is 5.92 Å². The molecule has 69 heavy (non-hydrogen) atoms. The number of hydrogen-bond acceptors (Lipinski definition) is 17. The lowest BCUT2D eigenvalue weighted by molar-refractivity contribution is -0.161. The largest absolute Gasteiger partial charge is 0.481 e. The lowest BCUT2D eigenvalue weighted by Crippen LogP contribution is -2.36. The molecule has 4 unspecified atom stereocenters. The maximum absolute atomic E-state index is 12.9. The van der Waals surface area contributed by atoms with Crippen LogP contribution in [0.2, 0.25) is 0 Å². The van der Waals surface area contributed by atoms with E-state index in [2.05, 4.69) is 48.3 Å². The molecular weight excluding hydrogens is 940 g/mol. The number of nitrogen functional groups attached to an aromatic ring is 1. The van der Waals surface area contributed by atoms with Crippen molar-refractivity contribution in [3.8, 4) is 0 Å². The van der Waals surface area contributed by atoms with E-state index in [0.29, 0.717) is 12.8 Å². The molecule has 0 aliphatic carbocycles. The smallest absolute Gasteiger partial charge is 0.462 e. The average molecular weight is 1020 g/mol. The minimum atomic E-state index is -5.49. The Bertz CT molecular complexity index is 1850. The van der Waals surface area contributed by atoms with Crippen molar-refractivity contribution in [3.05, 3.63) is 59.2 Å². The highest BCUT2D eigenvalue weighted by atomic mass is 31.3. The van der Waals surface area contributed by atoms with Gasteiger partial charge in [0.15, 0.2) is 12.3 Å². The summed E-state index contributed by atoms with van der Waals surface area (Å²) in [4.78, 5) is 61.8. The van der Waals surface area contributed by atoms with Gasteiger partial charge in [-0.1, -0.05) is 128 Å². The Morgan fingerprint density at radius 1 is 0.783 bits per heavy atom. The van der Waals surface area contributed by atoms with E-state index in [0.717, 1.165) is 55.2 Å². The van der Waals surface area contributed by atoms with Crippen molar-refractivity contribution in [3.63, 3.8) is 0 Å². The van der Waals surface area contributed by atoms with Crippen LogP contribution in [0.1, 0.15) is 162 Å². The zero-order chi connectivity index (χ0) is 51.1. The van der Waals surface area contributed by atoms with Crippen LogP contribution in [0, 0.1) is 5.92 Å². The Balaban J connectivity index is 1.89. The highest BCUT2D eigenvalue weighted by Crippen LogP contribution is 2.60. The summed E-state index contributed by atoms with van der Waals surface area (Å²) in [5, 5.41) is 41.8. The molecule has 1 fully saturated rings. The van der Waals surface area contributed by atoms with E-state index >= 15 is 0 Å². The Morgan fingerprint density at radius 3 is 2.04 bits per heavy atom. The first-order chi connectivity index (χ1) is 32.8. The third kappa shape index (κ3) is 28.5. The number of allylic oxidation sites excluding steroid dienone is 5. The zero-order valence-electron chi connectivity index (χ0n) is 40.7. The molecule has 20 nitrogen and oxygen atoms in total. The molecule has 0 spiro atoms. The number of aliphatic hydroxyl groups is 4. The minimum Gasteiger partial charge on any atom is -0.462 e. The van der Waals surface area contributed by atoms with Crippen molar-refractivity contribution in [1.29, 1.82) is 0 Å². The number of rotatable bonds is 39. The minimum absolute atomic E-state index is 0.0359. The van der Waals surface area contributed by atoms with Crippen LogP contribution in [0.25, 0.3) is 0 Å². The molecule has 1 aromatic rings. The van der Waals surface area contributed by atoms with Gasteiger partial charge in [0, 0.05) is 19.0 Å². The molecule has 0 aromatic carbocycles. The standard InChI is InChI=1S/C47H81N3O17P2/c1-4-5-6-7-8-9-10-11-14-17-20-23-27-38(51)39(52)28-25-30-43(54)65-37(33-62-42(53)29-24-21-18-15-12-13-16-19-22-26-36(2)3)34-63-68(58,59)67-69(60,61)64-35-40-44(55)45(56)46(66-40)50-32-31-41(48)49-47(50)57/h8-9,11,14,20,23,31-32,36-40,44-46,51-52,55-56H,4-7,10,12-13,15-19,21-22,24-30,33-35H2,1-3H3,(H,58,59)(H,60,61)(H2,48,49,57)/b9-8-,14-11-,23-20-/t37-,38?,39?,40-,44-,45-,46-/m1/s1. The molecule has 1 aliphatic rings. The lowest BCUT2D eigenvalue weighted by atomic mass is 10.0. The SMILES string of the molecule is CCCCC/C=C\C/C=C\C/C=C\CC(O)C(O)CCCC(=O)O[C@H](COC(=O)CCCCCCCCCCCC(C)C)COP(=O)(O)OP(=O)(O)OC[C@H]1O[C@@H](n2ccc(N)nc2=O)[C@H](O)[C@@H]1O. The number of aliphatic hydroxyl groups excluding tert-OH is 4. The van der Waals surface area contributed by atoms with Gasteiger partial charge in [0.25, 0.3) is 0 Å². The maximum atomic E-state index is 12.9. The van der Waals surface area contributed by atoms with Gasteiger partial charge in [0.1, 0.15) is 30.7 Å². The molecule has 2 rings (SSSR count). The van der Waals surface area contributed by atoms with Gasteiger partial charge < -0.3 is 50.2 Å². The molecule has 1 aliphatic heterocycles. The molecule has 0 amide bonds. The lowest BCUT2D eigenvalue weighted by Gasteiger charge is -2.22. The van der Waals surface area contributed by atoms with Crippen molar-refractivity contribution < 1.29 is 76.5 Å². The summed E-state index contributed by atoms with van der Waals surface area (Å²) in [5.74, 6) is -0.877. The Labute approximate surface area is 407 Å². The summed E-state index contributed by atoms with van der Waals surface area (Å²) in [7, 11) is -11.0. The summed E-state index contributed by atoms with van der Waals surface area (Å²) in [5.41, 5.74) is 4.56. The van der Waals surface area contributed by atoms with Gasteiger partial charge >= 0.3 is 33.3 Å². The average Bonchev–Trinajstić information content (AvgIpc) is 3.56. The fourth-order valence-corrected chi connectivity index (χ4v) is 9.24. The van der Waals surface area contributed by atoms with Crippen molar-refractivity contribution >= 4 is 33.4 Å². The Morgan fingerprint density at radius 2 is 1.39 bits per heavy atom. The number of esters is 2. The predicted molar refractivity (Wildman–Crippen MR) is 259 cm³/mol. The Kier molecular flexibility index (Phi) is 31.5. The first-order valence-corrected chi connectivity index (χ1v) is 27.5. The van der Waals surface area contributed by atoms with E-state index < -0.39 is 95.9 Å². The number of hydrogen-bond donors (Lipinski definition) is 7. The summed E-state index contributed by atoms with van der Waals surface area (Å²) < 4.78 is 56.4. The number of phosphoric ester groups is 2. The monoisotopic (exact) mass is 1020 g/mol. The fourth-order valence-electron chi connectivity index (χ4n) is 7.13. The molecule has 0 bridgehead atoms. The number of phosphoric acid groups is 2. The number of nitrogens with zero attached hydrogens (tertiary/aromatic N) is 2. The fraction of sp³-hybridized carbons (Fsp3) is 0.745. The summed E-state index contributed by atoms with van der Waals surface area (Å²) >= 11 is 0. The third-order valence-electron chi connectivity index (χ3n) is 11.1. The number of carbonyl (C=O) groups is 2. The van der Waals surface area contributed by atoms with E-state index in [-0.39, 0.29) is 37.9 Å². The van der Waals surface area contributed by atoms with Crippen LogP contribution in [0.4, 0.5) is 5.82 Å². The number of aromatic nitrogens is 2. The van der Waals surface area contributed by atoms with Gasteiger partial charge in [-0.25, -0.2) is 13.9 Å².